The summed E-state index contributed by atoms with van der Waals surface area (Å²) in [6.07, 6.45) is 4.38. The van der Waals surface area contributed by atoms with E-state index in [4.69, 9.17) is 10.5 Å². The first-order valence-corrected chi connectivity index (χ1v) is 7.30. The lowest BCUT2D eigenvalue weighted by Crippen LogP contribution is -2.55. The Hall–Kier alpha value is -0.900. The van der Waals surface area contributed by atoms with E-state index in [1.165, 1.54) is 11.1 Å². The molecule has 0 radical (unpaired) electrons. The lowest BCUT2D eigenvalue weighted by molar-refractivity contribution is -0.0525. The average Bonchev–Trinajstić information content (AvgIpc) is 2.69. The Kier molecular flexibility index (Phi) is 3.37. The van der Waals surface area contributed by atoms with Crippen LogP contribution in [0, 0.1) is 0 Å². The van der Waals surface area contributed by atoms with E-state index in [-0.39, 0.29) is 5.41 Å². The molecule has 1 saturated heterocycles. The molecule has 104 valence electrons. The Morgan fingerprint density at radius 3 is 2.84 bits per heavy atom. The summed E-state index contributed by atoms with van der Waals surface area (Å²) in [6, 6.07) is 8.46. The quantitative estimate of drug-likeness (QED) is 0.853. The molecule has 0 amide bonds. The number of aliphatic hydroxyl groups is 1. The smallest absolute Gasteiger partial charge is 0.0779 e. The van der Waals surface area contributed by atoms with Crippen molar-refractivity contribution in [2.24, 2.45) is 5.73 Å². The van der Waals surface area contributed by atoms with Gasteiger partial charge in [0.05, 0.1) is 5.60 Å². The molecule has 0 spiro atoms. The van der Waals surface area contributed by atoms with Crippen LogP contribution in [-0.4, -0.2) is 30.5 Å². The maximum atomic E-state index is 11.3. The zero-order valence-electron chi connectivity index (χ0n) is 11.4. The number of rotatable bonds is 2. The zero-order valence-corrected chi connectivity index (χ0v) is 11.4. The number of fused-ring (bicyclic) bond motifs is 1. The largest absolute Gasteiger partial charge is 0.389 e. The topological polar surface area (TPSA) is 55.5 Å². The highest BCUT2D eigenvalue weighted by atomic mass is 16.5. The monoisotopic (exact) mass is 261 g/mol. The number of hydrogen-bond donors (Lipinski definition) is 2. The van der Waals surface area contributed by atoms with E-state index in [2.05, 4.69) is 24.3 Å². The van der Waals surface area contributed by atoms with Gasteiger partial charge in [-0.1, -0.05) is 24.3 Å². The molecule has 3 heteroatoms. The van der Waals surface area contributed by atoms with Gasteiger partial charge in [-0.25, -0.2) is 0 Å². The standard InChI is InChI=1S/C16H23NO2/c17-12-15(16(18)7-3-10-19-11-9-16)8-6-13-4-1-2-5-14(13)15/h1-2,4-5,18H,3,6-12,17H2. The molecule has 1 aromatic carbocycles. The van der Waals surface area contributed by atoms with Gasteiger partial charge in [0, 0.05) is 31.6 Å². The van der Waals surface area contributed by atoms with Crippen LogP contribution < -0.4 is 5.73 Å². The lowest BCUT2D eigenvalue weighted by Gasteiger charge is -2.45. The third kappa shape index (κ3) is 1.92. The van der Waals surface area contributed by atoms with Crippen molar-refractivity contribution in [1.29, 1.82) is 0 Å². The Morgan fingerprint density at radius 1 is 1.16 bits per heavy atom. The second-order valence-electron chi connectivity index (χ2n) is 5.94. The van der Waals surface area contributed by atoms with Crippen LogP contribution in [0.15, 0.2) is 24.3 Å². The summed E-state index contributed by atoms with van der Waals surface area (Å²) < 4.78 is 5.53. The molecule has 3 nitrogen and oxygen atoms in total. The van der Waals surface area contributed by atoms with E-state index in [1.54, 1.807) is 0 Å². The molecule has 3 rings (SSSR count). The second kappa shape index (κ2) is 4.89. The summed E-state index contributed by atoms with van der Waals surface area (Å²) in [5, 5.41) is 11.3. The van der Waals surface area contributed by atoms with Gasteiger partial charge < -0.3 is 15.6 Å². The molecule has 0 saturated carbocycles. The number of ether oxygens (including phenoxy) is 1. The Labute approximate surface area is 114 Å². The van der Waals surface area contributed by atoms with Gasteiger partial charge in [0.1, 0.15) is 0 Å². The summed E-state index contributed by atoms with van der Waals surface area (Å²) in [5.74, 6) is 0. The minimum absolute atomic E-state index is 0.280. The number of benzene rings is 1. The molecule has 1 fully saturated rings. The first-order chi connectivity index (χ1) is 9.22. The molecule has 1 aromatic rings. The van der Waals surface area contributed by atoms with Crippen LogP contribution in [0.3, 0.4) is 0 Å². The normalized spacial score (nSPS) is 34.8. The second-order valence-corrected chi connectivity index (χ2v) is 5.94. The van der Waals surface area contributed by atoms with E-state index in [9.17, 15) is 5.11 Å². The molecule has 1 heterocycles. The number of aryl methyl sites for hydroxylation is 1. The SMILES string of the molecule is NCC1(C2(O)CCCOCC2)CCc2ccccc21. The molecule has 1 aliphatic carbocycles. The minimum Gasteiger partial charge on any atom is -0.389 e. The van der Waals surface area contributed by atoms with Crippen molar-refractivity contribution in [3.8, 4) is 0 Å². The average molecular weight is 261 g/mol. The summed E-state index contributed by atoms with van der Waals surface area (Å²) in [4.78, 5) is 0. The van der Waals surface area contributed by atoms with Crippen LogP contribution in [0.25, 0.3) is 0 Å². The van der Waals surface area contributed by atoms with Crippen molar-refractivity contribution in [3.05, 3.63) is 35.4 Å². The van der Waals surface area contributed by atoms with Crippen LogP contribution >= 0.6 is 0 Å². The summed E-state index contributed by atoms with van der Waals surface area (Å²) in [5.41, 5.74) is 7.77. The minimum atomic E-state index is -0.717. The van der Waals surface area contributed by atoms with E-state index in [0.717, 1.165) is 32.3 Å². The predicted molar refractivity (Wildman–Crippen MR) is 75.1 cm³/mol. The highest BCUT2D eigenvalue weighted by Crippen LogP contribution is 2.49. The van der Waals surface area contributed by atoms with Crippen molar-refractivity contribution in [1.82, 2.24) is 0 Å². The molecule has 1 aliphatic heterocycles. The fourth-order valence-electron chi connectivity index (χ4n) is 3.99. The summed E-state index contributed by atoms with van der Waals surface area (Å²) in [6.45, 7) is 1.91. The van der Waals surface area contributed by atoms with Gasteiger partial charge >= 0.3 is 0 Å². The third-order valence-corrected chi connectivity index (χ3v) is 5.13. The highest BCUT2D eigenvalue weighted by molar-refractivity contribution is 5.42. The van der Waals surface area contributed by atoms with Gasteiger partial charge in [-0.05, 0) is 36.8 Å². The van der Waals surface area contributed by atoms with Crippen LogP contribution in [0.1, 0.15) is 36.8 Å². The van der Waals surface area contributed by atoms with Gasteiger partial charge in [-0.15, -0.1) is 0 Å². The highest BCUT2D eigenvalue weighted by Gasteiger charge is 2.53. The molecule has 2 unspecified atom stereocenters. The summed E-state index contributed by atoms with van der Waals surface area (Å²) >= 11 is 0. The van der Waals surface area contributed by atoms with E-state index >= 15 is 0 Å². The maximum Gasteiger partial charge on any atom is 0.0779 e. The molecule has 0 aromatic heterocycles. The van der Waals surface area contributed by atoms with Crippen LogP contribution in [0.2, 0.25) is 0 Å². The number of nitrogens with two attached hydrogens (primary N) is 1. The first-order valence-electron chi connectivity index (χ1n) is 7.30. The van der Waals surface area contributed by atoms with Gasteiger partial charge in [0.15, 0.2) is 0 Å². The van der Waals surface area contributed by atoms with Crippen molar-refractivity contribution in [3.63, 3.8) is 0 Å². The fourth-order valence-corrected chi connectivity index (χ4v) is 3.99. The summed E-state index contributed by atoms with van der Waals surface area (Å²) in [7, 11) is 0. The van der Waals surface area contributed by atoms with Crippen molar-refractivity contribution >= 4 is 0 Å². The van der Waals surface area contributed by atoms with Gasteiger partial charge in [0.25, 0.3) is 0 Å². The molecule has 2 aliphatic rings. The lowest BCUT2D eigenvalue weighted by atomic mass is 9.64. The van der Waals surface area contributed by atoms with Crippen LogP contribution in [0.4, 0.5) is 0 Å². The molecule has 3 N–H and O–H groups in total. The van der Waals surface area contributed by atoms with E-state index in [1.807, 2.05) is 0 Å². The van der Waals surface area contributed by atoms with Gasteiger partial charge in [-0.3, -0.25) is 0 Å². The predicted octanol–water partition coefficient (Wildman–Crippen LogP) is 1.76. The first kappa shape index (κ1) is 13.1. The van der Waals surface area contributed by atoms with Crippen molar-refractivity contribution < 1.29 is 9.84 Å². The Bertz CT molecular complexity index is 452. The van der Waals surface area contributed by atoms with Crippen LogP contribution in [0.5, 0.6) is 0 Å². The fraction of sp³-hybridized carbons (Fsp3) is 0.625. The van der Waals surface area contributed by atoms with E-state index < -0.39 is 5.60 Å². The molecule has 19 heavy (non-hydrogen) atoms. The Morgan fingerprint density at radius 2 is 2.00 bits per heavy atom. The molecule has 2 atom stereocenters. The zero-order chi connectivity index (χ0) is 13.3. The molecular weight excluding hydrogens is 238 g/mol. The Balaban J connectivity index is 2.04. The van der Waals surface area contributed by atoms with Crippen molar-refractivity contribution in [2.45, 2.75) is 43.1 Å². The molecular formula is C16H23NO2. The van der Waals surface area contributed by atoms with Crippen LogP contribution in [-0.2, 0) is 16.6 Å². The maximum absolute atomic E-state index is 11.3. The van der Waals surface area contributed by atoms with E-state index in [0.29, 0.717) is 19.6 Å². The number of hydrogen-bond acceptors (Lipinski definition) is 3. The molecule has 0 bridgehead atoms. The van der Waals surface area contributed by atoms with Gasteiger partial charge in [0.2, 0.25) is 0 Å². The van der Waals surface area contributed by atoms with Crippen molar-refractivity contribution in [2.75, 3.05) is 19.8 Å². The third-order valence-electron chi connectivity index (χ3n) is 5.13. The van der Waals surface area contributed by atoms with Gasteiger partial charge in [-0.2, -0.15) is 0 Å².